The van der Waals surface area contributed by atoms with E-state index in [1.54, 1.807) is 0 Å². The summed E-state index contributed by atoms with van der Waals surface area (Å²) in [7, 11) is 3.90. The zero-order valence-electron chi connectivity index (χ0n) is 10.5. The Hall–Kier alpha value is -1.95. The largest absolute Gasteiger partial charge is 0.491 e. The maximum atomic E-state index is 10.2. The van der Waals surface area contributed by atoms with Crippen LogP contribution in [0.1, 0.15) is 18.9 Å². The average molecular weight is 231 g/mol. The molecule has 0 atom stereocenters. The molecule has 0 N–H and O–H groups in total. The summed E-state index contributed by atoms with van der Waals surface area (Å²) in [5.41, 5.74) is 1.93. The molecule has 0 fully saturated rings. The SMILES string of the molecule is CC#Cc1ccc(OCCC=O)c(N(C)C)c1. The second-order valence-electron chi connectivity index (χ2n) is 3.76. The third-order valence-electron chi connectivity index (χ3n) is 2.20. The van der Waals surface area contributed by atoms with Crippen molar-refractivity contribution in [3.63, 3.8) is 0 Å². The smallest absolute Gasteiger partial charge is 0.142 e. The first-order valence-electron chi connectivity index (χ1n) is 5.49. The van der Waals surface area contributed by atoms with E-state index in [0.29, 0.717) is 13.0 Å². The highest BCUT2D eigenvalue weighted by atomic mass is 16.5. The molecule has 0 bridgehead atoms. The lowest BCUT2D eigenvalue weighted by atomic mass is 10.2. The summed E-state index contributed by atoms with van der Waals surface area (Å²) in [5, 5.41) is 0. The van der Waals surface area contributed by atoms with Crippen LogP contribution in [0.4, 0.5) is 5.69 Å². The molecule has 1 aromatic carbocycles. The topological polar surface area (TPSA) is 29.5 Å². The summed E-state index contributed by atoms with van der Waals surface area (Å²) >= 11 is 0. The Morgan fingerprint density at radius 1 is 1.41 bits per heavy atom. The Kier molecular flexibility index (Phi) is 5.09. The molecule has 17 heavy (non-hydrogen) atoms. The molecule has 1 aromatic rings. The molecule has 90 valence electrons. The van der Waals surface area contributed by atoms with Gasteiger partial charge in [-0.3, -0.25) is 0 Å². The maximum absolute atomic E-state index is 10.2. The van der Waals surface area contributed by atoms with Gasteiger partial charge in [-0.2, -0.15) is 0 Å². The minimum absolute atomic E-state index is 0.406. The van der Waals surface area contributed by atoms with Gasteiger partial charge in [-0.25, -0.2) is 0 Å². The molecule has 0 aliphatic heterocycles. The summed E-state index contributed by atoms with van der Waals surface area (Å²) in [6, 6.07) is 5.78. The van der Waals surface area contributed by atoms with Gasteiger partial charge >= 0.3 is 0 Å². The summed E-state index contributed by atoms with van der Waals surface area (Å²) in [6.07, 6.45) is 1.26. The number of carbonyl (C=O) groups is 1. The van der Waals surface area contributed by atoms with Crippen LogP contribution in [0.15, 0.2) is 18.2 Å². The number of hydrogen-bond acceptors (Lipinski definition) is 3. The van der Waals surface area contributed by atoms with E-state index >= 15 is 0 Å². The van der Waals surface area contributed by atoms with E-state index in [9.17, 15) is 4.79 Å². The Morgan fingerprint density at radius 3 is 2.76 bits per heavy atom. The molecule has 3 heteroatoms. The van der Waals surface area contributed by atoms with Crippen molar-refractivity contribution in [2.24, 2.45) is 0 Å². The maximum Gasteiger partial charge on any atom is 0.142 e. The number of nitrogens with zero attached hydrogens (tertiary/aromatic N) is 1. The molecular weight excluding hydrogens is 214 g/mol. The molecule has 0 saturated heterocycles. The number of anilines is 1. The van der Waals surface area contributed by atoms with Gasteiger partial charge in [-0.1, -0.05) is 5.92 Å². The molecule has 0 unspecified atom stereocenters. The number of ether oxygens (including phenoxy) is 1. The van der Waals surface area contributed by atoms with Gasteiger partial charge in [-0.15, -0.1) is 5.92 Å². The van der Waals surface area contributed by atoms with Crippen molar-refractivity contribution in [3.05, 3.63) is 23.8 Å². The number of aldehydes is 1. The van der Waals surface area contributed by atoms with Gasteiger partial charge in [0.15, 0.2) is 0 Å². The van der Waals surface area contributed by atoms with Crippen LogP contribution in [0, 0.1) is 11.8 Å². The molecule has 0 aliphatic carbocycles. The molecule has 0 radical (unpaired) electrons. The van der Waals surface area contributed by atoms with E-state index in [1.165, 1.54) is 0 Å². The number of rotatable bonds is 5. The van der Waals surface area contributed by atoms with Crippen molar-refractivity contribution in [2.75, 3.05) is 25.6 Å². The van der Waals surface area contributed by atoms with E-state index in [0.717, 1.165) is 23.3 Å². The molecule has 0 saturated carbocycles. The lowest BCUT2D eigenvalue weighted by molar-refractivity contribution is -0.108. The highest BCUT2D eigenvalue weighted by Crippen LogP contribution is 2.27. The van der Waals surface area contributed by atoms with Gasteiger partial charge in [0.05, 0.1) is 12.3 Å². The van der Waals surface area contributed by atoms with E-state index in [2.05, 4.69) is 11.8 Å². The van der Waals surface area contributed by atoms with E-state index in [1.807, 2.05) is 44.1 Å². The van der Waals surface area contributed by atoms with Crippen molar-refractivity contribution in [1.82, 2.24) is 0 Å². The van der Waals surface area contributed by atoms with Crippen molar-refractivity contribution >= 4 is 12.0 Å². The lowest BCUT2D eigenvalue weighted by Gasteiger charge is -2.17. The fraction of sp³-hybridized carbons (Fsp3) is 0.357. The number of hydrogen-bond donors (Lipinski definition) is 0. The minimum Gasteiger partial charge on any atom is -0.491 e. The second-order valence-corrected chi connectivity index (χ2v) is 3.76. The summed E-state index contributed by atoms with van der Waals surface area (Å²) in [6.45, 7) is 2.22. The van der Waals surface area contributed by atoms with Crippen molar-refractivity contribution in [2.45, 2.75) is 13.3 Å². The van der Waals surface area contributed by atoms with Crippen LogP contribution in [-0.4, -0.2) is 27.0 Å². The minimum atomic E-state index is 0.406. The first-order chi connectivity index (χ1) is 8.19. The van der Waals surface area contributed by atoms with Crippen molar-refractivity contribution in [3.8, 4) is 17.6 Å². The molecule has 0 heterocycles. The highest BCUT2D eigenvalue weighted by Gasteiger charge is 2.06. The van der Waals surface area contributed by atoms with Crippen molar-refractivity contribution in [1.29, 1.82) is 0 Å². The normalized spacial score (nSPS) is 9.12. The fourth-order valence-corrected chi connectivity index (χ4v) is 1.43. The molecular formula is C14H17NO2. The van der Waals surface area contributed by atoms with E-state index in [4.69, 9.17) is 4.74 Å². The van der Waals surface area contributed by atoms with Crippen LogP contribution in [0.3, 0.4) is 0 Å². The van der Waals surface area contributed by atoms with Crippen LogP contribution in [0.25, 0.3) is 0 Å². The first kappa shape index (κ1) is 13.1. The predicted molar refractivity (Wildman–Crippen MR) is 69.5 cm³/mol. The van der Waals surface area contributed by atoms with Crippen LogP contribution in [-0.2, 0) is 4.79 Å². The van der Waals surface area contributed by atoms with E-state index in [-0.39, 0.29) is 0 Å². The second kappa shape index (κ2) is 6.59. The molecule has 0 aliphatic rings. The van der Waals surface area contributed by atoms with Gasteiger partial charge in [0.2, 0.25) is 0 Å². The van der Waals surface area contributed by atoms with Crippen LogP contribution in [0.5, 0.6) is 5.75 Å². The van der Waals surface area contributed by atoms with Gasteiger partial charge in [0.25, 0.3) is 0 Å². The summed E-state index contributed by atoms with van der Waals surface area (Å²) in [4.78, 5) is 12.2. The van der Waals surface area contributed by atoms with Crippen LogP contribution < -0.4 is 9.64 Å². The Morgan fingerprint density at radius 2 is 2.18 bits per heavy atom. The van der Waals surface area contributed by atoms with Gasteiger partial charge < -0.3 is 14.4 Å². The third kappa shape index (κ3) is 3.84. The summed E-state index contributed by atoms with van der Waals surface area (Å²) in [5.74, 6) is 6.65. The molecule has 0 aromatic heterocycles. The summed E-state index contributed by atoms with van der Waals surface area (Å²) < 4.78 is 5.55. The monoisotopic (exact) mass is 231 g/mol. The Balaban J connectivity index is 2.94. The standard InChI is InChI=1S/C14H17NO2/c1-4-6-12-7-8-14(17-10-5-9-16)13(11-12)15(2)3/h7-9,11H,5,10H2,1-3H3. The number of benzene rings is 1. The zero-order chi connectivity index (χ0) is 12.7. The molecule has 1 rings (SSSR count). The van der Waals surface area contributed by atoms with Crippen LogP contribution in [0.2, 0.25) is 0 Å². The highest BCUT2D eigenvalue weighted by molar-refractivity contribution is 5.61. The molecule has 0 spiro atoms. The predicted octanol–water partition coefficient (Wildman–Crippen LogP) is 2.09. The zero-order valence-corrected chi connectivity index (χ0v) is 10.5. The van der Waals surface area contributed by atoms with E-state index < -0.39 is 0 Å². The Bertz CT molecular complexity index is 441. The lowest BCUT2D eigenvalue weighted by Crippen LogP contribution is -2.11. The molecule has 0 amide bonds. The van der Waals surface area contributed by atoms with Crippen LogP contribution >= 0.6 is 0 Å². The fourth-order valence-electron chi connectivity index (χ4n) is 1.43. The number of carbonyl (C=O) groups excluding carboxylic acids is 1. The van der Waals surface area contributed by atoms with Gasteiger partial charge in [0.1, 0.15) is 12.0 Å². The average Bonchev–Trinajstić information content (AvgIpc) is 2.31. The first-order valence-corrected chi connectivity index (χ1v) is 5.49. The van der Waals surface area contributed by atoms with Gasteiger partial charge in [-0.05, 0) is 25.1 Å². The quantitative estimate of drug-likeness (QED) is 0.441. The molecule has 3 nitrogen and oxygen atoms in total. The Labute approximate surface area is 102 Å². The third-order valence-corrected chi connectivity index (χ3v) is 2.20. The van der Waals surface area contributed by atoms with Crippen molar-refractivity contribution < 1.29 is 9.53 Å². The van der Waals surface area contributed by atoms with Gasteiger partial charge in [0, 0.05) is 26.1 Å².